The van der Waals surface area contributed by atoms with Gasteiger partial charge in [-0.3, -0.25) is 10.1 Å². The quantitative estimate of drug-likeness (QED) is 0.847. The first-order chi connectivity index (χ1) is 9.87. The third-order valence-corrected chi connectivity index (χ3v) is 3.55. The molecular formula is C15H19F3N2O. The fourth-order valence-electron chi connectivity index (χ4n) is 2.54. The minimum absolute atomic E-state index is 0.0494. The van der Waals surface area contributed by atoms with E-state index in [4.69, 9.17) is 0 Å². The van der Waals surface area contributed by atoms with Crippen LogP contribution in [0, 0.1) is 6.92 Å². The molecule has 1 heterocycles. The Hall–Kier alpha value is -1.56. The molecule has 0 aromatic heterocycles. The van der Waals surface area contributed by atoms with Gasteiger partial charge in [-0.2, -0.15) is 13.2 Å². The molecule has 1 aromatic carbocycles. The molecule has 1 unspecified atom stereocenters. The van der Waals surface area contributed by atoms with E-state index in [-0.39, 0.29) is 25.0 Å². The highest BCUT2D eigenvalue weighted by atomic mass is 19.4. The predicted octanol–water partition coefficient (Wildman–Crippen LogP) is 3.16. The van der Waals surface area contributed by atoms with Crippen molar-refractivity contribution in [2.24, 2.45) is 0 Å². The van der Waals surface area contributed by atoms with E-state index in [0.29, 0.717) is 13.0 Å². The number of hydrogen-bond acceptors (Lipinski definition) is 2. The maximum atomic E-state index is 12.1. The van der Waals surface area contributed by atoms with Gasteiger partial charge >= 0.3 is 6.18 Å². The van der Waals surface area contributed by atoms with Gasteiger partial charge in [0.1, 0.15) is 6.17 Å². The second-order valence-electron chi connectivity index (χ2n) is 5.36. The molecule has 2 rings (SSSR count). The van der Waals surface area contributed by atoms with Gasteiger partial charge in [0.25, 0.3) is 0 Å². The van der Waals surface area contributed by atoms with Gasteiger partial charge in [-0.25, -0.2) is 0 Å². The first kappa shape index (κ1) is 15.8. The summed E-state index contributed by atoms with van der Waals surface area (Å²) in [5.41, 5.74) is 2.06. The summed E-state index contributed by atoms with van der Waals surface area (Å²) in [6.07, 6.45) is -4.74. The molecule has 1 amide bonds. The largest absolute Gasteiger partial charge is 0.389 e. The molecule has 0 spiro atoms. The van der Waals surface area contributed by atoms with Crippen LogP contribution in [0.15, 0.2) is 24.3 Å². The van der Waals surface area contributed by atoms with Crippen LogP contribution < -0.4 is 5.32 Å². The summed E-state index contributed by atoms with van der Waals surface area (Å²) in [5.74, 6) is -0.0616. The lowest BCUT2D eigenvalue weighted by atomic mass is 10.1. The zero-order valence-corrected chi connectivity index (χ0v) is 11.9. The van der Waals surface area contributed by atoms with E-state index in [1.807, 2.05) is 31.2 Å². The lowest BCUT2D eigenvalue weighted by molar-refractivity contribution is -0.136. The number of carbonyl (C=O) groups is 1. The molecule has 3 nitrogen and oxygen atoms in total. The molecule has 0 aliphatic carbocycles. The van der Waals surface area contributed by atoms with Crippen molar-refractivity contribution >= 4 is 5.91 Å². The van der Waals surface area contributed by atoms with Crippen LogP contribution in [0.2, 0.25) is 0 Å². The van der Waals surface area contributed by atoms with Crippen LogP contribution in [0.5, 0.6) is 0 Å². The maximum absolute atomic E-state index is 12.1. The summed E-state index contributed by atoms with van der Waals surface area (Å²) in [5, 5.41) is 3.11. The summed E-state index contributed by atoms with van der Waals surface area (Å²) < 4.78 is 36.4. The molecule has 1 N–H and O–H groups in total. The number of nitrogens with zero attached hydrogens (tertiary/aromatic N) is 1. The number of nitrogens with one attached hydrogen (secondary N) is 1. The van der Waals surface area contributed by atoms with Crippen molar-refractivity contribution in [2.75, 3.05) is 13.1 Å². The highest BCUT2D eigenvalue weighted by Crippen LogP contribution is 2.25. The van der Waals surface area contributed by atoms with Gasteiger partial charge < -0.3 is 4.90 Å². The van der Waals surface area contributed by atoms with Crippen LogP contribution in [-0.4, -0.2) is 30.1 Å². The number of alkyl halides is 3. The molecule has 21 heavy (non-hydrogen) atoms. The maximum Gasteiger partial charge on any atom is 0.389 e. The molecule has 1 aromatic rings. The molecule has 0 saturated carbocycles. The Bertz CT molecular complexity index is 502. The van der Waals surface area contributed by atoms with Crippen molar-refractivity contribution in [3.05, 3.63) is 35.4 Å². The van der Waals surface area contributed by atoms with E-state index in [1.54, 1.807) is 4.90 Å². The zero-order chi connectivity index (χ0) is 15.5. The number of halogens is 3. The molecule has 1 fully saturated rings. The minimum atomic E-state index is -4.12. The molecule has 1 aliphatic heterocycles. The zero-order valence-electron chi connectivity index (χ0n) is 11.9. The molecule has 0 bridgehead atoms. The predicted molar refractivity (Wildman–Crippen MR) is 73.5 cm³/mol. The fraction of sp³-hybridized carbons (Fsp3) is 0.533. The molecule has 1 aliphatic rings. The van der Waals surface area contributed by atoms with E-state index in [2.05, 4.69) is 5.32 Å². The van der Waals surface area contributed by atoms with Gasteiger partial charge in [0.15, 0.2) is 0 Å². The number of hydrogen-bond donors (Lipinski definition) is 1. The van der Waals surface area contributed by atoms with Crippen molar-refractivity contribution in [2.45, 2.75) is 38.5 Å². The van der Waals surface area contributed by atoms with Crippen LogP contribution in [-0.2, 0) is 4.79 Å². The molecular weight excluding hydrogens is 281 g/mol. The minimum Gasteiger partial charge on any atom is -0.322 e. The number of rotatable bonds is 5. The molecule has 0 radical (unpaired) electrons. The van der Waals surface area contributed by atoms with E-state index in [9.17, 15) is 18.0 Å². The number of amides is 1. The van der Waals surface area contributed by atoms with Gasteiger partial charge in [-0.05, 0) is 25.3 Å². The van der Waals surface area contributed by atoms with E-state index in [0.717, 1.165) is 11.1 Å². The Balaban J connectivity index is 1.94. The van der Waals surface area contributed by atoms with Crippen LogP contribution in [0.4, 0.5) is 13.2 Å². The lowest BCUT2D eigenvalue weighted by Crippen LogP contribution is -2.31. The van der Waals surface area contributed by atoms with Gasteiger partial charge in [0, 0.05) is 13.0 Å². The number of carbonyl (C=O) groups excluding carboxylic acids is 1. The summed E-state index contributed by atoms with van der Waals surface area (Å²) in [6.45, 7) is 2.55. The molecule has 1 atom stereocenters. The number of aryl methyl sites for hydroxylation is 1. The second-order valence-corrected chi connectivity index (χ2v) is 5.36. The number of benzene rings is 1. The van der Waals surface area contributed by atoms with Crippen LogP contribution in [0.3, 0.4) is 0 Å². The Morgan fingerprint density at radius 3 is 2.76 bits per heavy atom. The Labute approximate surface area is 122 Å². The topological polar surface area (TPSA) is 32.3 Å². The third kappa shape index (κ3) is 4.46. The molecule has 1 saturated heterocycles. The van der Waals surface area contributed by atoms with Crippen molar-refractivity contribution in [1.29, 1.82) is 0 Å². The van der Waals surface area contributed by atoms with E-state index in [1.165, 1.54) is 0 Å². The average molecular weight is 300 g/mol. The first-order valence-electron chi connectivity index (χ1n) is 7.03. The standard InChI is InChI=1S/C15H19F3N2O/c1-11-5-4-6-12(9-11)14-19-10-13(21)20(14)8-3-2-7-15(16,17)18/h4-6,9,14,19H,2-3,7-8,10H2,1H3. The first-order valence-corrected chi connectivity index (χ1v) is 7.03. The summed E-state index contributed by atoms with van der Waals surface area (Å²) >= 11 is 0. The summed E-state index contributed by atoms with van der Waals surface area (Å²) in [6, 6.07) is 7.79. The second kappa shape index (κ2) is 6.47. The van der Waals surface area contributed by atoms with Gasteiger partial charge in [0.2, 0.25) is 5.91 Å². The van der Waals surface area contributed by atoms with Crippen molar-refractivity contribution in [1.82, 2.24) is 10.2 Å². The highest BCUT2D eigenvalue weighted by Gasteiger charge is 2.31. The van der Waals surface area contributed by atoms with Crippen molar-refractivity contribution in [3.8, 4) is 0 Å². The Kier molecular flexibility index (Phi) is 4.88. The fourth-order valence-corrected chi connectivity index (χ4v) is 2.54. The van der Waals surface area contributed by atoms with Gasteiger partial charge in [0.05, 0.1) is 6.54 Å². The normalized spacial score (nSPS) is 19.3. The third-order valence-electron chi connectivity index (χ3n) is 3.55. The van der Waals surface area contributed by atoms with E-state index >= 15 is 0 Å². The van der Waals surface area contributed by atoms with E-state index < -0.39 is 12.6 Å². The van der Waals surface area contributed by atoms with Gasteiger partial charge in [-0.1, -0.05) is 29.8 Å². The smallest absolute Gasteiger partial charge is 0.322 e. The summed E-state index contributed by atoms with van der Waals surface area (Å²) in [7, 11) is 0. The monoisotopic (exact) mass is 300 g/mol. The van der Waals surface area contributed by atoms with Crippen LogP contribution in [0.1, 0.15) is 36.6 Å². The van der Waals surface area contributed by atoms with Crippen LogP contribution >= 0.6 is 0 Å². The summed E-state index contributed by atoms with van der Waals surface area (Å²) in [4.78, 5) is 13.5. The Morgan fingerprint density at radius 2 is 2.10 bits per heavy atom. The molecule has 116 valence electrons. The average Bonchev–Trinajstić information content (AvgIpc) is 2.75. The van der Waals surface area contributed by atoms with Crippen LogP contribution in [0.25, 0.3) is 0 Å². The SMILES string of the molecule is Cc1cccc(C2NCC(=O)N2CCCCC(F)(F)F)c1. The lowest BCUT2D eigenvalue weighted by Gasteiger charge is -2.25. The van der Waals surface area contributed by atoms with Crippen molar-refractivity contribution < 1.29 is 18.0 Å². The Morgan fingerprint density at radius 1 is 1.33 bits per heavy atom. The molecule has 6 heteroatoms. The van der Waals surface area contributed by atoms with Crippen molar-refractivity contribution in [3.63, 3.8) is 0 Å². The number of unbranched alkanes of at least 4 members (excludes halogenated alkanes) is 1. The van der Waals surface area contributed by atoms with Gasteiger partial charge in [-0.15, -0.1) is 0 Å². The highest BCUT2D eigenvalue weighted by molar-refractivity contribution is 5.80.